The normalized spacial score (nSPS) is 11.7. The molecular formula is C22H18Cl2N5O. The zero-order valence-electron chi connectivity index (χ0n) is 16.4. The number of rotatable bonds is 4. The molecule has 1 radical (unpaired) electrons. The molecular weight excluding hydrogens is 421 g/mol. The van der Waals surface area contributed by atoms with Crippen LogP contribution >= 0.6 is 23.2 Å². The topological polar surface area (TPSA) is 60.5 Å². The molecule has 2 aromatic carbocycles. The van der Waals surface area contributed by atoms with E-state index in [1.165, 1.54) is 0 Å². The zero-order valence-corrected chi connectivity index (χ0v) is 17.9. The molecule has 30 heavy (non-hydrogen) atoms. The minimum Gasteiger partial charge on any atom is -0.350 e. The van der Waals surface area contributed by atoms with E-state index in [1.807, 2.05) is 65.0 Å². The number of hydrogen-bond donors (Lipinski definition) is 1. The molecule has 0 fully saturated rings. The molecule has 5 aromatic rings. The van der Waals surface area contributed by atoms with E-state index in [2.05, 4.69) is 23.7 Å². The number of benzene rings is 2. The van der Waals surface area contributed by atoms with Gasteiger partial charge in [0.05, 0.1) is 17.7 Å². The van der Waals surface area contributed by atoms with Crippen LogP contribution in [0.3, 0.4) is 0 Å². The number of aromatic amines is 1. The van der Waals surface area contributed by atoms with Gasteiger partial charge in [0.1, 0.15) is 0 Å². The summed E-state index contributed by atoms with van der Waals surface area (Å²) in [5, 5.41) is 9.99. The first kappa shape index (κ1) is 19.0. The second kappa shape index (κ2) is 7.07. The second-order valence-corrected chi connectivity index (χ2v) is 8.05. The third-order valence-corrected chi connectivity index (χ3v) is 5.73. The number of aryl methyl sites for hydroxylation is 1. The van der Waals surface area contributed by atoms with Crippen molar-refractivity contribution in [2.45, 2.75) is 13.3 Å². The fourth-order valence-electron chi connectivity index (χ4n) is 3.98. The maximum atomic E-state index is 12.9. The minimum absolute atomic E-state index is 0.320. The molecule has 0 atom stereocenters. The van der Waals surface area contributed by atoms with Gasteiger partial charge in [-0.25, -0.2) is 14.5 Å². The monoisotopic (exact) mass is 438 g/mol. The highest BCUT2D eigenvalue weighted by Gasteiger charge is 2.21. The fraction of sp³-hybridized carbons (Fsp3) is 0.136. The number of nitrogens with one attached hydrogen (secondary N) is 1. The second-order valence-electron chi connectivity index (χ2n) is 7.18. The molecule has 5 rings (SSSR count). The van der Waals surface area contributed by atoms with Crippen LogP contribution < -0.4 is 5.69 Å². The Bertz CT molecular complexity index is 1470. The summed E-state index contributed by atoms with van der Waals surface area (Å²) in [5.41, 5.74) is 3.18. The van der Waals surface area contributed by atoms with Gasteiger partial charge in [-0.1, -0.05) is 30.1 Å². The van der Waals surface area contributed by atoms with Crippen LogP contribution in [0.1, 0.15) is 13.3 Å². The molecule has 3 aromatic heterocycles. The van der Waals surface area contributed by atoms with E-state index in [9.17, 15) is 4.79 Å². The van der Waals surface area contributed by atoms with Crippen molar-refractivity contribution in [1.29, 1.82) is 0 Å². The van der Waals surface area contributed by atoms with E-state index in [-0.39, 0.29) is 5.69 Å². The summed E-state index contributed by atoms with van der Waals surface area (Å²) in [5.74, 6) is 0.517. The SMILES string of the molecule is CC[CH]n1cc(-n2c(-c3cn(C)c4ccc(Cl)cc34)n[nH]c2=O)c2cc(Cl)ccc21. The lowest BCUT2D eigenvalue weighted by molar-refractivity contribution is 0.898. The van der Waals surface area contributed by atoms with Gasteiger partial charge < -0.3 is 9.13 Å². The van der Waals surface area contributed by atoms with E-state index in [4.69, 9.17) is 23.2 Å². The van der Waals surface area contributed by atoms with Crippen molar-refractivity contribution in [2.75, 3.05) is 0 Å². The Morgan fingerprint density at radius 2 is 1.73 bits per heavy atom. The first-order chi connectivity index (χ1) is 14.5. The lowest BCUT2D eigenvalue weighted by Gasteiger charge is -2.04. The summed E-state index contributed by atoms with van der Waals surface area (Å²) in [7, 11) is 1.96. The van der Waals surface area contributed by atoms with Gasteiger partial charge >= 0.3 is 5.69 Å². The number of halogens is 2. The summed E-state index contributed by atoms with van der Waals surface area (Å²) in [6.07, 6.45) is 4.74. The maximum Gasteiger partial charge on any atom is 0.348 e. The van der Waals surface area contributed by atoms with Crippen molar-refractivity contribution in [3.63, 3.8) is 0 Å². The predicted molar refractivity (Wildman–Crippen MR) is 122 cm³/mol. The summed E-state index contributed by atoms with van der Waals surface area (Å²) < 4.78 is 5.61. The lowest BCUT2D eigenvalue weighted by atomic mass is 10.1. The number of nitrogens with zero attached hydrogens (tertiary/aromatic N) is 4. The molecule has 3 heterocycles. The highest BCUT2D eigenvalue weighted by molar-refractivity contribution is 6.31. The standard InChI is InChI=1S/C22H18Cl2N5O/c1-3-8-28-12-20(16-10-14(24)5-7-19(16)28)29-21(25-26-22(29)30)17-11-27(2)18-6-4-13(23)9-15(17)18/h4-12H,3H2,1-2H3,(H,26,30). The van der Waals surface area contributed by atoms with Crippen molar-refractivity contribution in [3.8, 4) is 17.1 Å². The van der Waals surface area contributed by atoms with Crippen LogP contribution in [0.15, 0.2) is 53.6 Å². The Morgan fingerprint density at radius 1 is 1.03 bits per heavy atom. The van der Waals surface area contributed by atoms with Gasteiger partial charge in [0.15, 0.2) is 5.82 Å². The molecule has 6 nitrogen and oxygen atoms in total. The van der Waals surface area contributed by atoms with E-state index >= 15 is 0 Å². The van der Waals surface area contributed by atoms with Gasteiger partial charge in [0.25, 0.3) is 0 Å². The fourth-order valence-corrected chi connectivity index (χ4v) is 4.32. The molecule has 0 amide bonds. The first-order valence-corrected chi connectivity index (χ1v) is 10.3. The van der Waals surface area contributed by atoms with Crippen LogP contribution in [0.25, 0.3) is 38.9 Å². The molecule has 0 unspecified atom stereocenters. The lowest BCUT2D eigenvalue weighted by Crippen LogP contribution is -2.15. The van der Waals surface area contributed by atoms with Gasteiger partial charge in [0, 0.05) is 51.3 Å². The molecule has 1 N–H and O–H groups in total. The Morgan fingerprint density at radius 3 is 2.47 bits per heavy atom. The summed E-state index contributed by atoms with van der Waals surface area (Å²) >= 11 is 12.5. The van der Waals surface area contributed by atoms with E-state index < -0.39 is 0 Å². The molecule has 151 valence electrons. The van der Waals surface area contributed by atoms with Crippen molar-refractivity contribution in [1.82, 2.24) is 23.9 Å². The summed E-state index contributed by atoms with van der Waals surface area (Å²) in [6, 6.07) is 11.4. The molecule has 8 heteroatoms. The van der Waals surface area contributed by atoms with Crippen LogP contribution in [-0.2, 0) is 7.05 Å². The Labute approximate surface area is 182 Å². The molecule has 0 bridgehead atoms. The Hall–Kier alpha value is -2.96. The Balaban J connectivity index is 1.83. The van der Waals surface area contributed by atoms with E-state index in [1.54, 1.807) is 4.57 Å². The average Bonchev–Trinajstić information content (AvgIpc) is 3.35. The average molecular weight is 439 g/mol. The van der Waals surface area contributed by atoms with Gasteiger partial charge in [-0.2, -0.15) is 5.10 Å². The summed E-state index contributed by atoms with van der Waals surface area (Å²) in [4.78, 5) is 12.9. The van der Waals surface area contributed by atoms with E-state index in [0.29, 0.717) is 21.6 Å². The van der Waals surface area contributed by atoms with Crippen molar-refractivity contribution >= 4 is 45.0 Å². The smallest absolute Gasteiger partial charge is 0.348 e. The predicted octanol–water partition coefficient (Wildman–Crippen LogP) is 5.40. The quantitative estimate of drug-likeness (QED) is 0.408. The number of hydrogen-bond acceptors (Lipinski definition) is 2. The zero-order chi connectivity index (χ0) is 21.0. The van der Waals surface area contributed by atoms with Gasteiger partial charge in [-0.05, 0) is 42.8 Å². The highest BCUT2D eigenvalue weighted by Crippen LogP contribution is 2.34. The molecule has 0 aliphatic rings. The van der Waals surface area contributed by atoms with Crippen LogP contribution in [0.4, 0.5) is 0 Å². The summed E-state index contributed by atoms with van der Waals surface area (Å²) in [6.45, 7) is 4.12. The molecule has 0 aliphatic carbocycles. The first-order valence-electron chi connectivity index (χ1n) is 9.54. The van der Waals surface area contributed by atoms with Gasteiger partial charge in [-0.15, -0.1) is 0 Å². The van der Waals surface area contributed by atoms with Gasteiger partial charge in [0.2, 0.25) is 0 Å². The van der Waals surface area contributed by atoms with Crippen LogP contribution in [0.2, 0.25) is 10.0 Å². The third-order valence-electron chi connectivity index (χ3n) is 5.26. The van der Waals surface area contributed by atoms with Gasteiger partial charge in [-0.3, -0.25) is 0 Å². The van der Waals surface area contributed by atoms with Crippen LogP contribution in [0, 0.1) is 6.54 Å². The van der Waals surface area contributed by atoms with Crippen molar-refractivity contribution in [2.24, 2.45) is 7.05 Å². The third kappa shape index (κ3) is 2.87. The van der Waals surface area contributed by atoms with Crippen LogP contribution in [-0.4, -0.2) is 23.9 Å². The molecule has 0 saturated heterocycles. The minimum atomic E-state index is -0.320. The maximum absolute atomic E-state index is 12.9. The van der Waals surface area contributed by atoms with Crippen molar-refractivity contribution < 1.29 is 0 Å². The van der Waals surface area contributed by atoms with Crippen molar-refractivity contribution in [3.05, 3.63) is 75.9 Å². The molecule has 0 saturated carbocycles. The highest BCUT2D eigenvalue weighted by atomic mass is 35.5. The molecule has 0 aliphatic heterocycles. The molecule has 0 spiro atoms. The van der Waals surface area contributed by atoms with Crippen LogP contribution in [0.5, 0.6) is 0 Å². The van der Waals surface area contributed by atoms with E-state index in [0.717, 1.165) is 33.8 Å². The number of aromatic nitrogens is 5. The largest absolute Gasteiger partial charge is 0.350 e. The number of H-pyrrole nitrogens is 1. The number of fused-ring (bicyclic) bond motifs is 2. The Kier molecular flexibility index (Phi) is 4.49.